The average molecular weight is 801 g/mol. The van der Waals surface area contributed by atoms with Crippen LogP contribution in [-0.4, -0.2) is 18.1 Å². The van der Waals surface area contributed by atoms with Crippen molar-refractivity contribution in [2.75, 3.05) is 9.80 Å². The third-order valence-corrected chi connectivity index (χ3v) is 13.0. The first-order valence-electron chi connectivity index (χ1n) is 21.8. The van der Waals surface area contributed by atoms with Crippen LogP contribution in [-0.2, 0) is 0 Å². The Kier molecular flexibility index (Phi) is 8.88. The van der Waals surface area contributed by atoms with Gasteiger partial charge in [0.15, 0.2) is 0 Å². The smallest absolute Gasteiger partial charge is 0.136 e. The lowest BCUT2D eigenvalue weighted by Gasteiger charge is -2.38. The Balaban J connectivity index is 0.852. The van der Waals surface area contributed by atoms with Gasteiger partial charge in [-0.1, -0.05) is 140 Å². The van der Waals surface area contributed by atoms with E-state index in [4.69, 9.17) is 9.15 Å². The number of allylic oxidation sites excluding steroid dienone is 6. The molecule has 3 unspecified atom stereocenters. The summed E-state index contributed by atoms with van der Waals surface area (Å²) in [5.74, 6) is 1.72. The average Bonchev–Trinajstić information content (AvgIpc) is 3.71. The summed E-state index contributed by atoms with van der Waals surface area (Å²) in [6.07, 6.45) is 27.7. The quantitative estimate of drug-likeness (QED) is 0.153. The number of benzene rings is 7. The van der Waals surface area contributed by atoms with Crippen LogP contribution in [0.15, 0.2) is 217 Å². The Bertz CT molecular complexity index is 3200. The van der Waals surface area contributed by atoms with E-state index in [9.17, 15) is 0 Å². The van der Waals surface area contributed by atoms with Crippen molar-refractivity contribution in [1.29, 1.82) is 0 Å². The van der Waals surface area contributed by atoms with E-state index in [1.165, 1.54) is 22.6 Å². The maximum absolute atomic E-state index is 6.78. The molecule has 0 N–H and O–H groups in total. The van der Waals surface area contributed by atoms with Crippen molar-refractivity contribution in [2.45, 2.75) is 37.4 Å². The first-order valence-corrected chi connectivity index (χ1v) is 21.8. The molecule has 1 aliphatic heterocycles. The molecule has 4 aliphatic rings. The van der Waals surface area contributed by atoms with Crippen LogP contribution in [0, 0.1) is 0 Å². The molecule has 0 spiro atoms. The summed E-state index contributed by atoms with van der Waals surface area (Å²) in [6.45, 7) is 0. The van der Waals surface area contributed by atoms with Gasteiger partial charge >= 0.3 is 0 Å². The molecule has 0 saturated heterocycles. The number of hydrogen-bond acceptors (Lipinski definition) is 4. The van der Waals surface area contributed by atoms with E-state index in [1.54, 1.807) is 0 Å². The maximum Gasteiger partial charge on any atom is 0.136 e. The molecule has 4 nitrogen and oxygen atoms in total. The van der Waals surface area contributed by atoms with Crippen molar-refractivity contribution in [2.24, 2.45) is 0 Å². The van der Waals surface area contributed by atoms with Crippen LogP contribution in [0.4, 0.5) is 17.1 Å². The summed E-state index contributed by atoms with van der Waals surface area (Å²) in [6, 6.07) is 53.2. The molecule has 4 heteroatoms. The zero-order chi connectivity index (χ0) is 41.0. The molecule has 12 rings (SSSR count). The van der Waals surface area contributed by atoms with E-state index < -0.39 is 0 Å². The minimum absolute atomic E-state index is 0.257. The Morgan fingerprint density at radius 3 is 1.90 bits per heavy atom. The lowest BCUT2D eigenvalue weighted by Crippen LogP contribution is -2.42. The molecular weight excluding hydrogens is 757 g/mol. The first-order chi connectivity index (χ1) is 30.7. The second-order valence-electron chi connectivity index (χ2n) is 16.7. The van der Waals surface area contributed by atoms with Crippen molar-refractivity contribution in [3.05, 3.63) is 218 Å². The van der Waals surface area contributed by atoms with Gasteiger partial charge in [-0.15, -0.1) is 0 Å². The molecule has 3 atom stereocenters. The number of fused-ring (bicyclic) bond motifs is 6. The molecule has 2 heterocycles. The highest BCUT2D eigenvalue weighted by Crippen LogP contribution is 2.51. The molecule has 298 valence electrons. The van der Waals surface area contributed by atoms with E-state index >= 15 is 0 Å². The lowest BCUT2D eigenvalue weighted by molar-refractivity contribution is 0.487. The number of furan rings is 1. The van der Waals surface area contributed by atoms with Gasteiger partial charge < -0.3 is 19.0 Å². The minimum Gasteiger partial charge on any atom is -0.456 e. The fraction of sp³-hybridized carbons (Fsp3) is 0.103. The van der Waals surface area contributed by atoms with Gasteiger partial charge in [-0.05, 0) is 120 Å². The van der Waals surface area contributed by atoms with Crippen molar-refractivity contribution in [3.8, 4) is 33.8 Å². The second-order valence-corrected chi connectivity index (χ2v) is 16.7. The minimum atomic E-state index is 0.257. The molecule has 62 heavy (non-hydrogen) atoms. The van der Waals surface area contributed by atoms with Crippen LogP contribution in [0.2, 0.25) is 0 Å². The van der Waals surface area contributed by atoms with Gasteiger partial charge in [0.25, 0.3) is 0 Å². The first kappa shape index (κ1) is 36.3. The van der Waals surface area contributed by atoms with Gasteiger partial charge in [-0.25, -0.2) is 0 Å². The molecule has 8 aromatic rings. The Hall–Kier alpha value is -7.56. The van der Waals surface area contributed by atoms with E-state index in [0.717, 1.165) is 91.3 Å². The number of hydrogen-bond donors (Lipinski definition) is 0. The predicted octanol–water partition coefficient (Wildman–Crippen LogP) is 15.3. The van der Waals surface area contributed by atoms with Crippen molar-refractivity contribution in [3.63, 3.8) is 0 Å². The molecule has 0 amide bonds. The normalized spacial score (nSPS) is 18.5. The monoisotopic (exact) mass is 800 g/mol. The summed E-state index contributed by atoms with van der Waals surface area (Å²) in [5, 5.41) is 4.51. The molecular formula is C58H44N2O2. The molecule has 0 bridgehead atoms. The largest absolute Gasteiger partial charge is 0.456 e. The number of anilines is 3. The SMILES string of the molecule is C1=CCC(N(c2ccccc2)c2ccc(-c3ccc4c(c3)Oc3cccc5c3c-4cc3oc4cc(C6=CCC(N(c7ccccc7)C7C=CC=CC7)C=C6)ccc4c35)cc2)C=C1. The molecule has 3 aliphatic carbocycles. The fourth-order valence-corrected chi connectivity index (χ4v) is 10.0. The molecule has 0 radical (unpaired) electrons. The van der Waals surface area contributed by atoms with Crippen LogP contribution >= 0.6 is 0 Å². The zero-order valence-corrected chi connectivity index (χ0v) is 34.3. The van der Waals surface area contributed by atoms with Crippen molar-refractivity contribution < 1.29 is 9.15 Å². The number of nitrogens with zero attached hydrogens (tertiary/aromatic N) is 2. The third-order valence-electron chi connectivity index (χ3n) is 13.0. The standard InChI is InChI=1S/C58H44N2O2/c1-5-14-43(15-6-1)59(44-16-7-2-8-17-44)47-30-24-39(25-31-47)41-28-34-49-52-38-56-57(51-22-13-23-53(58(51)52)61-54(49)36-41)50-35-29-42(37-55(50)62-56)40-26-32-48(33-27-40)60(45-18-9-3-10-19-45)46-20-11-4-12-21-46/h1-16,18-20,22-32,34-38,44,46,48H,17,21,33H2. The summed E-state index contributed by atoms with van der Waals surface area (Å²) >= 11 is 0. The second kappa shape index (κ2) is 15.2. The highest BCUT2D eigenvalue weighted by Gasteiger charge is 2.27. The highest BCUT2D eigenvalue weighted by atomic mass is 16.5. The predicted molar refractivity (Wildman–Crippen MR) is 259 cm³/mol. The van der Waals surface area contributed by atoms with Gasteiger partial charge in [-0.2, -0.15) is 0 Å². The van der Waals surface area contributed by atoms with Crippen LogP contribution < -0.4 is 14.5 Å². The maximum atomic E-state index is 6.78. The van der Waals surface area contributed by atoms with Crippen LogP contribution in [0.25, 0.3) is 60.5 Å². The Morgan fingerprint density at radius 2 is 1.16 bits per heavy atom. The summed E-state index contributed by atoms with van der Waals surface area (Å²) < 4.78 is 13.5. The van der Waals surface area contributed by atoms with E-state index in [0.29, 0.717) is 6.04 Å². The highest BCUT2D eigenvalue weighted by molar-refractivity contribution is 6.24. The fourth-order valence-electron chi connectivity index (χ4n) is 10.0. The summed E-state index contributed by atoms with van der Waals surface area (Å²) in [5.41, 5.74) is 12.2. The van der Waals surface area contributed by atoms with E-state index in [-0.39, 0.29) is 12.1 Å². The van der Waals surface area contributed by atoms with Gasteiger partial charge in [0.2, 0.25) is 0 Å². The van der Waals surface area contributed by atoms with E-state index in [2.05, 4.69) is 222 Å². The Labute approximate surface area is 362 Å². The third kappa shape index (κ3) is 6.30. The summed E-state index contributed by atoms with van der Waals surface area (Å²) in [7, 11) is 0. The van der Waals surface area contributed by atoms with Crippen LogP contribution in [0.5, 0.6) is 11.5 Å². The molecule has 0 fully saturated rings. The topological polar surface area (TPSA) is 28.9 Å². The van der Waals surface area contributed by atoms with Crippen molar-refractivity contribution >= 4 is 55.3 Å². The van der Waals surface area contributed by atoms with Crippen LogP contribution in [0.1, 0.15) is 24.8 Å². The van der Waals surface area contributed by atoms with Gasteiger partial charge in [0, 0.05) is 44.3 Å². The lowest BCUT2D eigenvalue weighted by atomic mass is 9.90. The van der Waals surface area contributed by atoms with Gasteiger partial charge in [0.1, 0.15) is 22.7 Å². The zero-order valence-electron chi connectivity index (χ0n) is 34.3. The van der Waals surface area contributed by atoms with Gasteiger partial charge in [-0.3, -0.25) is 0 Å². The number of ether oxygens (including phenoxy) is 1. The number of para-hydroxylation sites is 2. The van der Waals surface area contributed by atoms with Gasteiger partial charge in [0.05, 0.1) is 18.1 Å². The molecule has 7 aromatic carbocycles. The molecule has 1 aromatic heterocycles. The summed E-state index contributed by atoms with van der Waals surface area (Å²) in [4.78, 5) is 4.98. The van der Waals surface area contributed by atoms with Crippen molar-refractivity contribution in [1.82, 2.24) is 0 Å². The Morgan fingerprint density at radius 1 is 0.452 bits per heavy atom. The number of rotatable bonds is 8. The van der Waals surface area contributed by atoms with Crippen LogP contribution in [0.3, 0.4) is 0 Å². The molecule has 0 saturated carbocycles. The van der Waals surface area contributed by atoms with E-state index in [1.807, 2.05) is 0 Å².